The second-order valence-electron chi connectivity index (χ2n) is 7.39. The second kappa shape index (κ2) is 6.80. The summed E-state index contributed by atoms with van der Waals surface area (Å²) in [6.07, 6.45) is -4.02. The lowest BCUT2D eigenvalue weighted by atomic mass is 9.78. The fourth-order valence-corrected chi connectivity index (χ4v) is 4.26. The van der Waals surface area contributed by atoms with E-state index >= 15 is 0 Å². The molecule has 1 N–H and O–H groups in total. The van der Waals surface area contributed by atoms with Crippen LogP contribution in [0.25, 0.3) is 10.9 Å². The molecule has 3 nitrogen and oxygen atoms in total. The average Bonchev–Trinajstić information content (AvgIpc) is 3.12. The number of aliphatic hydroxyl groups is 1. The summed E-state index contributed by atoms with van der Waals surface area (Å²) in [5, 5.41) is 12.9. The number of hydrogen-bond donors (Lipinski definition) is 1. The second-order valence-corrected chi connectivity index (χ2v) is 8.34. The summed E-state index contributed by atoms with van der Waals surface area (Å²) in [5.74, 6) is 0. The van der Waals surface area contributed by atoms with E-state index in [0.717, 1.165) is 4.88 Å². The monoisotopic (exact) mass is 395 g/mol. The Labute approximate surface area is 158 Å². The molecule has 3 rings (SSSR count). The van der Waals surface area contributed by atoms with Crippen LogP contribution in [0.15, 0.2) is 58.8 Å². The van der Waals surface area contributed by atoms with Gasteiger partial charge in [0.05, 0.1) is 12.1 Å². The van der Waals surface area contributed by atoms with Crippen molar-refractivity contribution in [1.29, 1.82) is 0 Å². The van der Waals surface area contributed by atoms with Crippen LogP contribution in [0.3, 0.4) is 0 Å². The van der Waals surface area contributed by atoms with E-state index in [1.807, 2.05) is 0 Å². The first-order chi connectivity index (χ1) is 12.5. The summed E-state index contributed by atoms with van der Waals surface area (Å²) in [5.41, 5.74) is -3.72. The van der Waals surface area contributed by atoms with Crippen molar-refractivity contribution in [3.05, 3.63) is 69.1 Å². The van der Waals surface area contributed by atoms with Gasteiger partial charge in [0.15, 0.2) is 11.0 Å². The summed E-state index contributed by atoms with van der Waals surface area (Å²) >= 11 is 1.37. The Hall–Kier alpha value is -2.12. The minimum Gasteiger partial charge on any atom is -0.379 e. The molecule has 0 amide bonds. The number of thiophene rings is 1. The number of fused-ring (bicyclic) bond motifs is 1. The van der Waals surface area contributed by atoms with E-state index in [1.165, 1.54) is 28.2 Å². The van der Waals surface area contributed by atoms with Crippen LogP contribution in [0, 0.1) is 0 Å². The Morgan fingerprint density at radius 2 is 1.78 bits per heavy atom. The lowest BCUT2D eigenvalue weighted by Gasteiger charge is -2.38. The summed E-state index contributed by atoms with van der Waals surface area (Å²) < 4.78 is 43.1. The number of halogens is 3. The lowest BCUT2D eigenvalue weighted by molar-refractivity contribution is -0.271. The van der Waals surface area contributed by atoms with E-state index in [9.17, 15) is 23.1 Å². The van der Waals surface area contributed by atoms with Gasteiger partial charge in [-0.2, -0.15) is 13.2 Å². The Kier molecular flexibility index (Phi) is 4.94. The molecule has 7 heteroatoms. The molecule has 0 aliphatic rings. The number of aromatic nitrogens is 1. The summed E-state index contributed by atoms with van der Waals surface area (Å²) in [7, 11) is 0. The van der Waals surface area contributed by atoms with Crippen molar-refractivity contribution in [3.8, 4) is 0 Å². The molecular formula is C20H20F3NO2S. The Morgan fingerprint density at radius 1 is 1.07 bits per heavy atom. The molecule has 1 unspecified atom stereocenters. The van der Waals surface area contributed by atoms with Gasteiger partial charge >= 0.3 is 6.18 Å². The number of rotatable bonds is 5. The van der Waals surface area contributed by atoms with Gasteiger partial charge in [-0.3, -0.25) is 4.79 Å². The normalized spacial score (nSPS) is 15.0. The summed E-state index contributed by atoms with van der Waals surface area (Å²) in [6, 6.07) is 11.2. The van der Waals surface area contributed by atoms with Gasteiger partial charge < -0.3 is 9.67 Å². The van der Waals surface area contributed by atoms with Crippen molar-refractivity contribution in [3.63, 3.8) is 0 Å². The SMILES string of the molecule is CC(C)(CC(O)(Cn1ccc(=O)c2ccccc21)C(F)(F)F)c1cccs1. The van der Waals surface area contributed by atoms with Gasteiger partial charge in [-0.15, -0.1) is 11.3 Å². The van der Waals surface area contributed by atoms with E-state index in [4.69, 9.17) is 0 Å². The van der Waals surface area contributed by atoms with Crippen molar-refractivity contribution >= 4 is 22.2 Å². The predicted molar refractivity (Wildman–Crippen MR) is 101 cm³/mol. The zero-order chi connectivity index (χ0) is 19.9. The molecule has 0 aliphatic heterocycles. The molecule has 27 heavy (non-hydrogen) atoms. The van der Waals surface area contributed by atoms with E-state index in [1.54, 1.807) is 55.6 Å². The Morgan fingerprint density at radius 3 is 2.41 bits per heavy atom. The first-order valence-electron chi connectivity index (χ1n) is 8.45. The number of pyridine rings is 1. The van der Waals surface area contributed by atoms with Crippen molar-refractivity contribution < 1.29 is 18.3 Å². The van der Waals surface area contributed by atoms with Crippen LogP contribution in [-0.2, 0) is 12.0 Å². The number of benzene rings is 1. The first kappa shape index (κ1) is 19.6. The standard InChI is InChI=1S/C20H20F3NO2S/c1-18(2,17-8-5-11-27-17)12-19(26,20(21,22)23)13-24-10-9-16(25)14-6-3-4-7-15(14)24/h3-11,26H,12-13H2,1-2H3. The van der Waals surface area contributed by atoms with Gasteiger partial charge in [-0.25, -0.2) is 0 Å². The van der Waals surface area contributed by atoms with Gasteiger partial charge in [0.1, 0.15) is 0 Å². The highest BCUT2D eigenvalue weighted by molar-refractivity contribution is 7.10. The van der Waals surface area contributed by atoms with Crippen LogP contribution in [0.2, 0.25) is 0 Å². The molecule has 0 aliphatic carbocycles. The van der Waals surface area contributed by atoms with E-state index in [2.05, 4.69) is 0 Å². The van der Waals surface area contributed by atoms with Crippen LogP contribution in [0.1, 0.15) is 25.1 Å². The quantitative estimate of drug-likeness (QED) is 0.679. The lowest BCUT2D eigenvalue weighted by Crippen LogP contribution is -2.52. The fraction of sp³-hybridized carbons (Fsp3) is 0.350. The van der Waals surface area contributed by atoms with Gasteiger partial charge in [0.2, 0.25) is 0 Å². The predicted octanol–water partition coefficient (Wildman–Crippen LogP) is 4.72. The maximum absolute atomic E-state index is 13.9. The van der Waals surface area contributed by atoms with Crippen molar-refractivity contribution in [2.75, 3.05) is 0 Å². The molecule has 0 saturated heterocycles. The average molecular weight is 395 g/mol. The van der Waals surface area contributed by atoms with E-state index in [0.29, 0.717) is 10.9 Å². The van der Waals surface area contributed by atoms with Crippen molar-refractivity contribution in [2.45, 2.75) is 44.0 Å². The Bertz CT molecular complexity index is 992. The zero-order valence-electron chi connectivity index (χ0n) is 15.0. The van der Waals surface area contributed by atoms with Gasteiger partial charge in [-0.05, 0) is 30.0 Å². The molecule has 1 atom stereocenters. The number of alkyl halides is 3. The van der Waals surface area contributed by atoms with Crippen LogP contribution in [0.5, 0.6) is 0 Å². The van der Waals surface area contributed by atoms with Crippen LogP contribution in [-0.4, -0.2) is 21.5 Å². The molecule has 0 spiro atoms. The minimum absolute atomic E-state index is 0.267. The van der Waals surface area contributed by atoms with Gasteiger partial charge in [0, 0.05) is 27.9 Å². The highest BCUT2D eigenvalue weighted by atomic mass is 32.1. The minimum atomic E-state index is -4.83. The first-order valence-corrected chi connectivity index (χ1v) is 9.33. The largest absolute Gasteiger partial charge is 0.418 e. The number of para-hydroxylation sites is 1. The molecule has 2 heterocycles. The molecule has 0 fully saturated rings. The summed E-state index contributed by atoms with van der Waals surface area (Å²) in [6.45, 7) is 2.70. The Balaban J connectivity index is 2.05. The molecule has 144 valence electrons. The smallest absolute Gasteiger partial charge is 0.379 e. The fourth-order valence-electron chi connectivity index (χ4n) is 3.41. The molecule has 1 aromatic carbocycles. The highest BCUT2D eigenvalue weighted by Gasteiger charge is 2.56. The third kappa shape index (κ3) is 3.80. The van der Waals surface area contributed by atoms with Crippen LogP contribution in [0.4, 0.5) is 13.2 Å². The summed E-state index contributed by atoms with van der Waals surface area (Å²) in [4.78, 5) is 12.8. The molecule has 0 radical (unpaired) electrons. The maximum atomic E-state index is 13.9. The third-order valence-corrected chi connectivity index (χ3v) is 6.00. The molecule has 3 aromatic rings. The van der Waals surface area contributed by atoms with Crippen molar-refractivity contribution in [2.24, 2.45) is 0 Å². The van der Waals surface area contributed by atoms with Crippen LogP contribution >= 0.6 is 11.3 Å². The van der Waals surface area contributed by atoms with Crippen molar-refractivity contribution in [1.82, 2.24) is 4.57 Å². The third-order valence-electron chi connectivity index (χ3n) is 4.77. The van der Waals surface area contributed by atoms with Gasteiger partial charge in [0.25, 0.3) is 0 Å². The topological polar surface area (TPSA) is 42.2 Å². The van der Waals surface area contributed by atoms with E-state index in [-0.39, 0.29) is 5.43 Å². The maximum Gasteiger partial charge on any atom is 0.418 e. The van der Waals surface area contributed by atoms with Gasteiger partial charge in [-0.1, -0.05) is 32.0 Å². The molecular weight excluding hydrogens is 375 g/mol. The molecule has 0 bridgehead atoms. The zero-order valence-corrected chi connectivity index (χ0v) is 15.8. The van der Waals surface area contributed by atoms with E-state index < -0.39 is 30.2 Å². The molecule has 2 aromatic heterocycles. The van der Waals surface area contributed by atoms with Crippen LogP contribution < -0.4 is 5.43 Å². The molecule has 0 saturated carbocycles. The highest BCUT2D eigenvalue weighted by Crippen LogP contribution is 2.43. The number of hydrogen-bond acceptors (Lipinski definition) is 3. The number of nitrogens with zero attached hydrogens (tertiary/aromatic N) is 1.